The van der Waals surface area contributed by atoms with Crippen LogP contribution in [-0.2, 0) is 27.3 Å². The first kappa shape index (κ1) is 23.0. The Hall–Kier alpha value is -3.16. The van der Waals surface area contributed by atoms with Gasteiger partial charge in [-0.25, -0.2) is 4.98 Å². The maximum atomic E-state index is 11.3. The maximum absolute atomic E-state index is 11.3. The third-order valence-corrected chi connectivity index (χ3v) is 6.22. The highest BCUT2D eigenvalue weighted by atomic mass is 32.1. The van der Waals surface area contributed by atoms with Crippen molar-refractivity contribution in [2.75, 3.05) is 19.8 Å². The van der Waals surface area contributed by atoms with Gasteiger partial charge in [-0.15, -0.1) is 11.3 Å². The van der Waals surface area contributed by atoms with E-state index < -0.39 is 0 Å². The van der Waals surface area contributed by atoms with Crippen LogP contribution in [0.2, 0.25) is 0 Å². The number of nitrogens with zero attached hydrogens (tertiary/aromatic N) is 1. The maximum Gasteiger partial charge on any atom is 0.308 e. The third kappa shape index (κ3) is 6.21. The molecule has 4 aromatic rings. The topological polar surface area (TPSA) is 70.8 Å². The van der Waals surface area contributed by atoms with E-state index in [-0.39, 0.29) is 12.4 Å². The number of thiophene rings is 1. The van der Waals surface area contributed by atoms with Gasteiger partial charge < -0.3 is 18.6 Å². The number of aromatic nitrogens is 1. The molecule has 0 radical (unpaired) electrons. The average Bonchev–Trinajstić information content (AvgIpc) is 3.42. The first-order chi connectivity index (χ1) is 16.1. The molecule has 2 aromatic heterocycles. The van der Waals surface area contributed by atoms with Crippen molar-refractivity contribution in [2.24, 2.45) is 0 Å². The molecule has 0 saturated carbocycles. The monoisotopic (exact) mass is 465 g/mol. The standard InChI is InChI=1S/C26H27NO5S/c1-3-30-25(28)13-15-29-14-12-19-8-10-21(11-9-19)31-17-22-18(2)32-26(27-22)24-16-20-6-4-5-7-23(20)33-24/h4-11,16H,3,12-15,17H2,1-2H3. The molecule has 0 unspecified atom stereocenters. The molecule has 172 valence electrons. The van der Waals surface area contributed by atoms with E-state index >= 15 is 0 Å². The summed E-state index contributed by atoms with van der Waals surface area (Å²) in [5.41, 5.74) is 1.93. The Morgan fingerprint density at radius 2 is 1.91 bits per heavy atom. The lowest BCUT2D eigenvalue weighted by Gasteiger charge is -2.07. The molecule has 33 heavy (non-hydrogen) atoms. The fourth-order valence-electron chi connectivity index (χ4n) is 3.34. The van der Waals surface area contributed by atoms with E-state index in [4.69, 9.17) is 18.6 Å². The Balaban J connectivity index is 1.26. The molecule has 0 amide bonds. The molecule has 0 aliphatic rings. The van der Waals surface area contributed by atoms with Crippen LogP contribution in [0.15, 0.2) is 59.0 Å². The largest absolute Gasteiger partial charge is 0.487 e. The number of hydrogen-bond acceptors (Lipinski definition) is 7. The van der Waals surface area contributed by atoms with Gasteiger partial charge in [0.05, 0.1) is 31.1 Å². The second-order valence-electron chi connectivity index (χ2n) is 7.52. The minimum atomic E-state index is -0.225. The number of rotatable bonds is 11. The van der Waals surface area contributed by atoms with Crippen LogP contribution >= 0.6 is 11.3 Å². The molecule has 0 spiro atoms. The van der Waals surface area contributed by atoms with E-state index in [1.54, 1.807) is 18.3 Å². The Bertz CT molecular complexity index is 1160. The van der Waals surface area contributed by atoms with Crippen LogP contribution in [0.25, 0.3) is 20.9 Å². The molecule has 4 rings (SSSR count). The van der Waals surface area contributed by atoms with Crippen LogP contribution in [0.4, 0.5) is 0 Å². The fourth-order valence-corrected chi connectivity index (χ4v) is 4.33. The molecule has 0 saturated heterocycles. The van der Waals surface area contributed by atoms with Crippen molar-refractivity contribution < 1.29 is 23.4 Å². The predicted octanol–water partition coefficient (Wildman–Crippen LogP) is 5.96. The molecule has 0 fully saturated rings. The van der Waals surface area contributed by atoms with Crippen LogP contribution in [0.1, 0.15) is 30.4 Å². The van der Waals surface area contributed by atoms with Gasteiger partial charge in [-0.3, -0.25) is 4.79 Å². The summed E-state index contributed by atoms with van der Waals surface area (Å²) in [5, 5.41) is 1.19. The zero-order chi connectivity index (χ0) is 23.0. The van der Waals surface area contributed by atoms with Crippen LogP contribution in [0.3, 0.4) is 0 Å². The van der Waals surface area contributed by atoms with Crippen LogP contribution in [0, 0.1) is 6.92 Å². The van der Waals surface area contributed by atoms with Gasteiger partial charge in [-0.05, 0) is 55.5 Å². The number of fused-ring (bicyclic) bond motifs is 1. The molecule has 0 bridgehead atoms. The minimum Gasteiger partial charge on any atom is -0.487 e. The van der Waals surface area contributed by atoms with Gasteiger partial charge in [-0.2, -0.15) is 0 Å². The number of ether oxygens (including phenoxy) is 3. The van der Waals surface area contributed by atoms with E-state index in [1.807, 2.05) is 43.3 Å². The summed E-state index contributed by atoms with van der Waals surface area (Å²) in [5.74, 6) is 1.94. The summed E-state index contributed by atoms with van der Waals surface area (Å²) in [6.45, 7) is 5.38. The zero-order valence-corrected chi connectivity index (χ0v) is 19.7. The summed E-state index contributed by atoms with van der Waals surface area (Å²) in [7, 11) is 0. The summed E-state index contributed by atoms with van der Waals surface area (Å²) in [4.78, 5) is 17.0. The van der Waals surface area contributed by atoms with Gasteiger partial charge in [0.2, 0.25) is 5.89 Å². The normalized spacial score (nSPS) is 11.1. The lowest BCUT2D eigenvalue weighted by atomic mass is 10.1. The van der Waals surface area contributed by atoms with Crippen LogP contribution in [0.5, 0.6) is 5.75 Å². The molecule has 0 aliphatic carbocycles. The van der Waals surface area contributed by atoms with Crippen molar-refractivity contribution in [3.8, 4) is 16.5 Å². The summed E-state index contributed by atoms with van der Waals surface area (Å²) < 4.78 is 23.4. The van der Waals surface area contributed by atoms with Crippen molar-refractivity contribution in [3.05, 3.63) is 71.6 Å². The van der Waals surface area contributed by atoms with E-state index in [2.05, 4.69) is 23.2 Å². The lowest BCUT2D eigenvalue weighted by molar-refractivity contribution is -0.144. The molecular formula is C26H27NO5S. The number of carbonyl (C=O) groups is 1. The van der Waals surface area contributed by atoms with Crippen LogP contribution in [-0.4, -0.2) is 30.8 Å². The smallest absolute Gasteiger partial charge is 0.308 e. The average molecular weight is 466 g/mol. The van der Waals surface area contributed by atoms with Crippen molar-refractivity contribution in [1.82, 2.24) is 4.98 Å². The van der Waals surface area contributed by atoms with Gasteiger partial charge in [0, 0.05) is 4.70 Å². The summed E-state index contributed by atoms with van der Waals surface area (Å²) in [6.07, 6.45) is 1.05. The molecule has 0 aliphatic heterocycles. The summed E-state index contributed by atoms with van der Waals surface area (Å²) >= 11 is 1.67. The van der Waals surface area contributed by atoms with Crippen molar-refractivity contribution in [3.63, 3.8) is 0 Å². The number of aryl methyl sites for hydroxylation is 1. The third-order valence-electron chi connectivity index (χ3n) is 5.12. The molecule has 0 atom stereocenters. The molecule has 2 aromatic carbocycles. The highest BCUT2D eigenvalue weighted by Gasteiger charge is 2.14. The number of carbonyl (C=O) groups excluding carboxylic acids is 1. The van der Waals surface area contributed by atoms with Gasteiger partial charge in [0.15, 0.2) is 0 Å². The first-order valence-corrected chi connectivity index (χ1v) is 11.8. The number of esters is 1. The second kappa shape index (κ2) is 11.1. The van der Waals surface area contributed by atoms with Crippen LogP contribution < -0.4 is 4.74 Å². The second-order valence-corrected chi connectivity index (χ2v) is 8.60. The van der Waals surface area contributed by atoms with Gasteiger partial charge >= 0.3 is 5.97 Å². The Labute approximate surface area is 197 Å². The van der Waals surface area contributed by atoms with E-state index in [0.717, 1.165) is 34.1 Å². The van der Waals surface area contributed by atoms with Gasteiger partial charge in [0.1, 0.15) is 23.8 Å². The lowest BCUT2D eigenvalue weighted by Crippen LogP contribution is -2.09. The number of hydrogen-bond donors (Lipinski definition) is 0. The Morgan fingerprint density at radius 1 is 1.09 bits per heavy atom. The molecule has 7 heteroatoms. The van der Waals surface area contributed by atoms with Gasteiger partial charge in [-0.1, -0.05) is 30.3 Å². The summed E-state index contributed by atoms with van der Waals surface area (Å²) in [6, 6.07) is 18.3. The Kier molecular flexibility index (Phi) is 7.75. The zero-order valence-electron chi connectivity index (χ0n) is 18.8. The number of oxazole rings is 1. The highest BCUT2D eigenvalue weighted by molar-refractivity contribution is 7.22. The quantitative estimate of drug-likeness (QED) is 0.201. The molecular weight excluding hydrogens is 438 g/mol. The van der Waals surface area contributed by atoms with Crippen molar-refractivity contribution in [2.45, 2.75) is 33.3 Å². The SMILES string of the molecule is CCOC(=O)CCOCCc1ccc(OCc2nc(-c3cc4ccccc4s3)oc2C)cc1. The van der Waals surface area contributed by atoms with Crippen molar-refractivity contribution in [1.29, 1.82) is 0 Å². The van der Waals surface area contributed by atoms with E-state index in [0.29, 0.717) is 32.3 Å². The van der Waals surface area contributed by atoms with Crippen molar-refractivity contribution >= 4 is 27.4 Å². The highest BCUT2D eigenvalue weighted by Crippen LogP contribution is 2.33. The molecule has 0 N–H and O–H groups in total. The minimum absolute atomic E-state index is 0.225. The van der Waals surface area contributed by atoms with E-state index in [9.17, 15) is 4.79 Å². The number of benzene rings is 2. The van der Waals surface area contributed by atoms with Gasteiger partial charge in [0.25, 0.3) is 0 Å². The predicted molar refractivity (Wildman–Crippen MR) is 129 cm³/mol. The molecule has 2 heterocycles. The Morgan fingerprint density at radius 3 is 2.70 bits per heavy atom. The molecule has 6 nitrogen and oxygen atoms in total. The first-order valence-electron chi connectivity index (χ1n) is 11.0. The fraction of sp³-hybridized carbons (Fsp3) is 0.308. The van der Waals surface area contributed by atoms with E-state index in [1.165, 1.54) is 10.1 Å².